The average molecular weight is 409 g/mol. The van der Waals surface area contributed by atoms with Gasteiger partial charge in [-0.05, 0) is 37.3 Å². The number of rotatable bonds is 8. The van der Waals surface area contributed by atoms with Crippen LogP contribution in [0.15, 0.2) is 58.3 Å². The van der Waals surface area contributed by atoms with Crippen molar-refractivity contribution in [3.63, 3.8) is 0 Å². The van der Waals surface area contributed by atoms with Gasteiger partial charge in [0.1, 0.15) is 0 Å². The Hall–Kier alpha value is -2.36. The molecule has 144 valence electrons. The fourth-order valence-corrected chi connectivity index (χ4v) is 3.45. The molecule has 0 spiro atoms. The van der Waals surface area contributed by atoms with Gasteiger partial charge < -0.3 is 10.1 Å². The molecule has 0 fully saturated rings. The summed E-state index contributed by atoms with van der Waals surface area (Å²) < 4.78 is 27.5. The first-order chi connectivity index (χ1) is 12.7. The highest BCUT2D eigenvalue weighted by atomic mass is 32.2. The van der Waals surface area contributed by atoms with Crippen LogP contribution in [0.1, 0.15) is 12.0 Å². The molecule has 0 heterocycles. The number of sulfonamides is 1. The molecule has 2 aromatic carbocycles. The van der Waals surface area contributed by atoms with Gasteiger partial charge in [-0.25, -0.2) is 13.6 Å². The van der Waals surface area contributed by atoms with Crippen LogP contribution < -0.4 is 10.5 Å². The third-order valence-corrected chi connectivity index (χ3v) is 5.33. The fourth-order valence-electron chi connectivity index (χ4n) is 2.05. The third kappa shape index (κ3) is 7.41. The summed E-state index contributed by atoms with van der Waals surface area (Å²) >= 11 is 1.53. The molecule has 0 aliphatic rings. The maximum Gasteiger partial charge on any atom is 0.307 e. The van der Waals surface area contributed by atoms with Gasteiger partial charge in [-0.1, -0.05) is 23.8 Å². The number of esters is 1. The maximum absolute atomic E-state index is 11.8. The number of carbonyl (C=O) groups excluding carboxylic acids is 2. The van der Waals surface area contributed by atoms with Crippen LogP contribution in [0.3, 0.4) is 0 Å². The molecule has 27 heavy (non-hydrogen) atoms. The van der Waals surface area contributed by atoms with Gasteiger partial charge in [0.05, 0.1) is 11.3 Å². The van der Waals surface area contributed by atoms with Gasteiger partial charge in [0.25, 0.3) is 5.91 Å². The number of benzene rings is 2. The standard InChI is InChI=1S/C18H20N2O5S2/c1-13-5-7-15(8-6-13)26-10-9-18(22)25-12-17(21)20-14-3-2-4-16(11-14)27(19,23)24/h2-8,11H,9-10,12H2,1H3,(H,20,21)(H2,19,23,24). The molecule has 0 radical (unpaired) electrons. The molecule has 1 amide bonds. The summed E-state index contributed by atoms with van der Waals surface area (Å²) in [6.07, 6.45) is 0.173. The molecule has 0 saturated carbocycles. The van der Waals surface area contributed by atoms with E-state index in [4.69, 9.17) is 9.88 Å². The average Bonchev–Trinajstić information content (AvgIpc) is 2.61. The second-order valence-corrected chi connectivity index (χ2v) is 8.42. The minimum absolute atomic E-state index is 0.120. The Morgan fingerprint density at radius 3 is 2.52 bits per heavy atom. The number of amides is 1. The lowest BCUT2D eigenvalue weighted by atomic mass is 10.2. The molecule has 9 heteroatoms. The fraction of sp³-hybridized carbons (Fsp3) is 0.222. The van der Waals surface area contributed by atoms with Crippen molar-refractivity contribution in [2.45, 2.75) is 23.1 Å². The van der Waals surface area contributed by atoms with E-state index in [1.807, 2.05) is 31.2 Å². The summed E-state index contributed by atoms with van der Waals surface area (Å²) in [5.74, 6) is -0.510. The van der Waals surface area contributed by atoms with Gasteiger partial charge in [-0.3, -0.25) is 9.59 Å². The number of carbonyl (C=O) groups is 2. The number of nitrogens with one attached hydrogen (secondary N) is 1. The lowest BCUT2D eigenvalue weighted by Gasteiger charge is -2.08. The smallest absolute Gasteiger partial charge is 0.307 e. The summed E-state index contributed by atoms with van der Waals surface area (Å²) in [6.45, 7) is 1.55. The minimum atomic E-state index is -3.86. The summed E-state index contributed by atoms with van der Waals surface area (Å²) in [7, 11) is -3.86. The molecular formula is C18H20N2O5S2. The summed E-state index contributed by atoms with van der Waals surface area (Å²) in [5.41, 5.74) is 1.41. The van der Waals surface area contributed by atoms with E-state index < -0.39 is 28.5 Å². The first-order valence-corrected chi connectivity index (χ1v) is 10.5. The second kappa shape index (κ2) is 9.54. The lowest BCUT2D eigenvalue weighted by molar-refractivity contribution is -0.146. The number of hydrogen-bond donors (Lipinski definition) is 2. The Morgan fingerprint density at radius 2 is 1.85 bits per heavy atom. The number of anilines is 1. The quantitative estimate of drug-likeness (QED) is 0.511. The molecule has 0 unspecified atom stereocenters. The van der Waals surface area contributed by atoms with Crippen molar-refractivity contribution in [1.29, 1.82) is 0 Å². The predicted molar refractivity (Wildman–Crippen MR) is 104 cm³/mol. The summed E-state index contributed by atoms with van der Waals surface area (Å²) in [4.78, 5) is 24.5. The van der Waals surface area contributed by atoms with Crippen LogP contribution in [-0.2, 0) is 24.3 Å². The molecule has 0 bridgehead atoms. The monoisotopic (exact) mass is 408 g/mol. The first-order valence-electron chi connectivity index (χ1n) is 8.02. The van der Waals surface area contributed by atoms with Crippen molar-refractivity contribution < 1.29 is 22.7 Å². The van der Waals surface area contributed by atoms with Crippen LogP contribution >= 0.6 is 11.8 Å². The molecule has 3 N–H and O–H groups in total. The second-order valence-electron chi connectivity index (χ2n) is 5.69. The zero-order valence-electron chi connectivity index (χ0n) is 14.7. The van der Waals surface area contributed by atoms with E-state index in [1.165, 1.54) is 41.6 Å². The van der Waals surface area contributed by atoms with E-state index in [2.05, 4.69) is 5.32 Å². The van der Waals surface area contributed by atoms with E-state index in [-0.39, 0.29) is 17.0 Å². The molecule has 7 nitrogen and oxygen atoms in total. The Balaban J connectivity index is 1.73. The number of thioether (sulfide) groups is 1. The van der Waals surface area contributed by atoms with Gasteiger partial charge in [-0.2, -0.15) is 0 Å². The minimum Gasteiger partial charge on any atom is -0.456 e. The predicted octanol–water partition coefficient (Wildman–Crippen LogP) is 2.31. The van der Waals surface area contributed by atoms with Gasteiger partial charge in [0.2, 0.25) is 10.0 Å². The largest absolute Gasteiger partial charge is 0.456 e. The zero-order valence-corrected chi connectivity index (χ0v) is 16.3. The molecule has 2 aromatic rings. The van der Waals surface area contributed by atoms with E-state index in [0.29, 0.717) is 5.75 Å². The summed E-state index contributed by atoms with van der Waals surface area (Å²) in [5, 5.41) is 7.49. The third-order valence-electron chi connectivity index (χ3n) is 3.41. The molecule has 0 aliphatic heterocycles. The maximum atomic E-state index is 11.8. The Bertz CT molecular complexity index is 912. The van der Waals surface area contributed by atoms with Crippen molar-refractivity contribution in [3.8, 4) is 0 Å². The first kappa shape index (κ1) is 20.9. The molecule has 0 aliphatic carbocycles. The highest BCUT2D eigenvalue weighted by Gasteiger charge is 2.11. The topological polar surface area (TPSA) is 116 Å². The molecule has 2 rings (SSSR count). The Labute approximate surface area is 162 Å². The van der Waals surface area contributed by atoms with Gasteiger partial charge >= 0.3 is 5.97 Å². The van der Waals surface area contributed by atoms with Crippen LogP contribution in [0.5, 0.6) is 0 Å². The van der Waals surface area contributed by atoms with Crippen LogP contribution in [0.2, 0.25) is 0 Å². The van der Waals surface area contributed by atoms with E-state index in [0.717, 1.165) is 4.90 Å². The Kier molecular flexibility index (Phi) is 7.40. The zero-order chi connectivity index (χ0) is 19.9. The van der Waals surface area contributed by atoms with Gasteiger partial charge in [-0.15, -0.1) is 11.8 Å². The lowest BCUT2D eigenvalue weighted by Crippen LogP contribution is -2.21. The van der Waals surface area contributed by atoms with E-state index in [1.54, 1.807) is 0 Å². The van der Waals surface area contributed by atoms with Crippen LogP contribution in [-0.4, -0.2) is 32.7 Å². The Morgan fingerprint density at radius 1 is 1.15 bits per heavy atom. The number of ether oxygens (including phenoxy) is 1. The van der Waals surface area contributed by atoms with Crippen molar-refractivity contribution in [3.05, 3.63) is 54.1 Å². The molecular weight excluding hydrogens is 388 g/mol. The van der Waals surface area contributed by atoms with Crippen LogP contribution in [0.25, 0.3) is 0 Å². The van der Waals surface area contributed by atoms with Crippen molar-refractivity contribution in [1.82, 2.24) is 0 Å². The van der Waals surface area contributed by atoms with Crippen LogP contribution in [0.4, 0.5) is 5.69 Å². The van der Waals surface area contributed by atoms with Crippen molar-refractivity contribution in [2.24, 2.45) is 5.14 Å². The van der Waals surface area contributed by atoms with E-state index >= 15 is 0 Å². The highest BCUT2D eigenvalue weighted by molar-refractivity contribution is 7.99. The SMILES string of the molecule is Cc1ccc(SCCC(=O)OCC(=O)Nc2cccc(S(N)(=O)=O)c2)cc1. The van der Waals surface area contributed by atoms with E-state index in [9.17, 15) is 18.0 Å². The van der Waals surface area contributed by atoms with Crippen molar-refractivity contribution in [2.75, 3.05) is 17.7 Å². The molecule has 0 saturated heterocycles. The number of nitrogens with two attached hydrogens (primary N) is 1. The van der Waals surface area contributed by atoms with Gasteiger partial charge in [0, 0.05) is 16.3 Å². The van der Waals surface area contributed by atoms with Crippen LogP contribution in [0, 0.1) is 6.92 Å². The van der Waals surface area contributed by atoms with Gasteiger partial charge in [0.15, 0.2) is 6.61 Å². The molecule has 0 atom stereocenters. The molecule has 0 aromatic heterocycles. The normalized spacial score (nSPS) is 11.0. The summed E-state index contributed by atoms with van der Waals surface area (Å²) in [6, 6.07) is 13.5. The van der Waals surface area contributed by atoms with Crippen molar-refractivity contribution >= 4 is 39.3 Å². The highest BCUT2D eigenvalue weighted by Crippen LogP contribution is 2.19. The number of aryl methyl sites for hydroxylation is 1. The number of hydrogen-bond acceptors (Lipinski definition) is 6. The number of primary sulfonamides is 1.